The normalized spacial score (nSPS) is 12.4. The number of carbonyl (C=O) groups excluding carboxylic acids is 2. The molecule has 2 N–H and O–H groups in total. The van der Waals surface area contributed by atoms with E-state index in [2.05, 4.69) is 5.32 Å². The molecule has 122 valence electrons. The lowest BCUT2D eigenvalue weighted by Crippen LogP contribution is -2.06. The number of anilines is 1. The fourth-order valence-electron chi connectivity index (χ4n) is 2.29. The number of phenolic OH excluding ortho intramolecular Hbond substituents is 1. The molecule has 0 unspecified atom stereocenters. The SMILES string of the molecule is CC(=O)Nc1ccc(O)c(C(=O)C=Cc2ccc3c(c2)OCO3)c1. The predicted molar refractivity (Wildman–Crippen MR) is 88.3 cm³/mol. The highest BCUT2D eigenvalue weighted by Gasteiger charge is 2.13. The van der Waals surface area contributed by atoms with Crippen LogP contribution in [0.3, 0.4) is 0 Å². The Morgan fingerprint density at radius 2 is 1.92 bits per heavy atom. The molecule has 24 heavy (non-hydrogen) atoms. The van der Waals surface area contributed by atoms with Crippen LogP contribution in [0.5, 0.6) is 17.2 Å². The molecule has 1 aliphatic rings. The molecule has 1 amide bonds. The minimum atomic E-state index is -0.377. The number of hydrogen-bond acceptors (Lipinski definition) is 5. The molecule has 0 saturated heterocycles. The molecule has 1 heterocycles. The van der Waals surface area contributed by atoms with E-state index in [4.69, 9.17) is 9.47 Å². The van der Waals surface area contributed by atoms with E-state index in [-0.39, 0.29) is 29.8 Å². The number of carbonyl (C=O) groups is 2. The van der Waals surface area contributed by atoms with E-state index in [0.717, 1.165) is 5.56 Å². The van der Waals surface area contributed by atoms with Gasteiger partial charge >= 0.3 is 0 Å². The maximum absolute atomic E-state index is 12.3. The highest BCUT2D eigenvalue weighted by Crippen LogP contribution is 2.33. The third kappa shape index (κ3) is 3.38. The van der Waals surface area contributed by atoms with Crippen LogP contribution in [0.15, 0.2) is 42.5 Å². The molecule has 6 nitrogen and oxygen atoms in total. The Hall–Kier alpha value is -3.28. The van der Waals surface area contributed by atoms with Gasteiger partial charge in [-0.2, -0.15) is 0 Å². The molecule has 0 atom stereocenters. The molecular formula is C18H15NO5. The quantitative estimate of drug-likeness (QED) is 0.513. The number of fused-ring (bicyclic) bond motifs is 1. The Morgan fingerprint density at radius 1 is 1.12 bits per heavy atom. The van der Waals surface area contributed by atoms with Crippen molar-refractivity contribution in [2.24, 2.45) is 0 Å². The number of ketones is 1. The van der Waals surface area contributed by atoms with E-state index in [9.17, 15) is 14.7 Å². The van der Waals surface area contributed by atoms with Crippen molar-refractivity contribution in [3.05, 3.63) is 53.6 Å². The fourth-order valence-corrected chi connectivity index (χ4v) is 2.29. The van der Waals surface area contributed by atoms with Gasteiger partial charge in [-0.1, -0.05) is 12.1 Å². The zero-order valence-electron chi connectivity index (χ0n) is 12.9. The Morgan fingerprint density at radius 3 is 2.71 bits per heavy atom. The first-order valence-electron chi connectivity index (χ1n) is 7.25. The van der Waals surface area contributed by atoms with Crippen molar-refractivity contribution in [2.75, 3.05) is 12.1 Å². The average Bonchev–Trinajstić information content (AvgIpc) is 3.01. The van der Waals surface area contributed by atoms with Crippen molar-refractivity contribution in [3.8, 4) is 17.2 Å². The van der Waals surface area contributed by atoms with Crippen LogP contribution in [0.2, 0.25) is 0 Å². The molecule has 3 rings (SSSR count). The van der Waals surface area contributed by atoms with Gasteiger partial charge in [0, 0.05) is 12.6 Å². The monoisotopic (exact) mass is 325 g/mol. The summed E-state index contributed by atoms with van der Waals surface area (Å²) in [5, 5.41) is 12.4. The standard InChI is InChI=1S/C18H15NO5/c1-11(20)19-13-4-6-16(22)14(9-13)15(21)5-2-12-3-7-17-18(8-12)24-10-23-17/h2-9,22H,10H2,1H3,(H,19,20). The number of rotatable bonds is 4. The highest BCUT2D eigenvalue weighted by molar-refractivity contribution is 6.09. The minimum Gasteiger partial charge on any atom is -0.507 e. The topological polar surface area (TPSA) is 84.9 Å². The smallest absolute Gasteiger partial charge is 0.231 e. The highest BCUT2D eigenvalue weighted by atomic mass is 16.7. The lowest BCUT2D eigenvalue weighted by molar-refractivity contribution is -0.114. The lowest BCUT2D eigenvalue weighted by Gasteiger charge is -2.06. The third-order valence-corrected chi connectivity index (χ3v) is 3.41. The number of allylic oxidation sites excluding steroid dienone is 1. The summed E-state index contributed by atoms with van der Waals surface area (Å²) in [6.45, 7) is 1.55. The number of nitrogens with one attached hydrogen (secondary N) is 1. The number of ether oxygens (including phenoxy) is 2. The zero-order chi connectivity index (χ0) is 17.1. The molecule has 6 heteroatoms. The molecule has 2 aromatic rings. The molecule has 0 radical (unpaired) electrons. The van der Waals surface area contributed by atoms with E-state index in [1.807, 2.05) is 0 Å². The maximum Gasteiger partial charge on any atom is 0.231 e. The number of aromatic hydroxyl groups is 1. The van der Waals surface area contributed by atoms with Crippen molar-refractivity contribution in [1.29, 1.82) is 0 Å². The summed E-state index contributed by atoms with van der Waals surface area (Å²) in [5.41, 5.74) is 1.32. The van der Waals surface area contributed by atoms with Crippen LogP contribution in [0.25, 0.3) is 6.08 Å². The number of hydrogen-bond donors (Lipinski definition) is 2. The van der Waals surface area contributed by atoms with Gasteiger partial charge in [0.1, 0.15) is 5.75 Å². The van der Waals surface area contributed by atoms with Crippen LogP contribution in [-0.4, -0.2) is 23.6 Å². The molecule has 2 aromatic carbocycles. The zero-order valence-corrected chi connectivity index (χ0v) is 12.9. The predicted octanol–water partition coefficient (Wildman–Crippen LogP) is 2.98. The summed E-state index contributed by atoms with van der Waals surface area (Å²) >= 11 is 0. The second-order valence-electron chi connectivity index (χ2n) is 5.22. The van der Waals surface area contributed by atoms with Crippen LogP contribution in [0.4, 0.5) is 5.69 Å². The van der Waals surface area contributed by atoms with Crippen LogP contribution >= 0.6 is 0 Å². The summed E-state index contributed by atoms with van der Waals surface area (Å²) in [4.78, 5) is 23.4. The molecule has 1 aliphatic heterocycles. The van der Waals surface area contributed by atoms with Crippen molar-refractivity contribution in [1.82, 2.24) is 0 Å². The summed E-state index contributed by atoms with van der Waals surface area (Å²) in [6.07, 6.45) is 2.97. The van der Waals surface area contributed by atoms with Crippen LogP contribution in [-0.2, 0) is 4.79 Å². The molecule has 0 bridgehead atoms. The lowest BCUT2D eigenvalue weighted by atomic mass is 10.1. The van der Waals surface area contributed by atoms with Crippen LogP contribution in [0.1, 0.15) is 22.8 Å². The van der Waals surface area contributed by atoms with E-state index >= 15 is 0 Å². The van der Waals surface area contributed by atoms with Crippen molar-refractivity contribution in [3.63, 3.8) is 0 Å². The van der Waals surface area contributed by atoms with Crippen molar-refractivity contribution < 1.29 is 24.2 Å². The first-order chi connectivity index (χ1) is 11.5. The molecule has 0 spiro atoms. The molecular weight excluding hydrogens is 310 g/mol. The number of phenols is 1. The van der Waals surface area contributed by atoms with Crippen molar-refractivity contribution in [2.45, 2.75) is 6.92 Å². The second kappa shape index (κ2) is 6.45. The Kier molecular flexibility index (Phi) is 4.20. The van der Waals surface area contributed by atoms with Crippen LogP contribution < -0.4 is 14.8 Å². The van der Waals surface area contributed by atoms with E-state index in [1.165, 1.54) is 31.2 Å². The summed E-state index contributed by atoms with van der Waals surface area (Å²) in [7, 11) is 0. The fraction of sp³-hybridized carbons (Fsp3) is 0.111. The van der Waals surface area contributed by atoms with Gasteiger partial charge in [0.25, 0.3) is 0 Å². The van der Waals surface area contributed by atoms with Gasteiger partial charge in [-0.3, -0.25) is 9.59 Å². The Labute approximate surface area is 138 Å². The van der Waals surface area contributed by atoms with E-state index in [1.54, 1.807) is 24.3 Å². The van der Waals surface area contributed by atoms with Crippen LogP contribution in [0, 0.1) is 0 Å². The molecule has 0 aromatic heterocycles. The first-order valence-corrected chi connectivity index (χ1v) is 7.25. The molecule has 0 fully saturated rings. The summed E-state index contributed by atoms with van der Waals surface area (Å²) < 4.78 is 10.5. The Balaban J connectivity index is 1.80. The van der Waals surface area contributed by atoms with Gasteiger partial charge in [0.2, 0.25) is 12.7 Å². The second-order valence-corrected chi connectivity index (χ2v) is 5.22. The van der Waals surface area contributed by atoms with Crippen molar-refractivity contribution >= 4 is 23.5 Å². The summed E-state index contributed by atoms with van der Waals surface area (Å²) in [6, 6.07) is 9.65. The number of amides is 1. The first kappa shape index (κ1) is 15.6. The molecule has 0 aliphatic carbocycles. The minimum absolute atomic E-state index is 0.109. The van der Waals surface area contributed by atoms with E-state index in [0.29, 0.717) is 17.2 Å². The third-order valence-electron chi connectivity index (χ3n) is 3.41. The van der Waals surface area contributed by atoms with Gasteiger partial charge in [-0.25, -0.2) is 0 Å². The largest absolute Gasteiger partial charge is 0.507 e. The van der Waals surface area contributed by atoms with Gasteiger partial charge in [0.05, 0.1) is 5.56 Å². The van der Waals surface area contributed by atoms with E-state index < -0.39 is 0 Å². The maximum atomic E-state index is 12.3. The molecule has 0 saturated carbocycles. The van der Waals surface area contributed by atoms with Gasteiger partial charge in [-0.15, -0.1) is 0 Å². The average molecular weight is 325 g/mol. The summed E-state index contributed by atoms with van der Waals surface area (Å²) in [5.74, 6) is 0.510. The van der Waals surface area contributed by atoms with Gasteiger partial charge < -0.3 is 19.9 Å². The Bertz CT molecular complexity index is 841. The van der Waals surface area contributed by atoms with Gasteiger partial charge in [0.15, 0.2) is 17.3 Å². The van der Waals surface area contributed by atoms with Gasteiger partial charge in [-0.05, 0) is 42.0 Å². The number of benzene rings is 2.